The molecule has 94 valence electrons. The van der Waals surface area contributed by atoms with Gasteiger partial charge in [-0.25, -0.2) is 0 Å². The topological polar surface area (TPSA) is 35.2 Å². The van der Waals surface area contributed by atoms with Gasteiger partial charge >= 0.3 is 0 Å². The van der Waals surface area contributed by atoms with Crippen molar-refractivity contribution < 1.29 is 4.74 Å². The Hall–Kier alpha value is -1.02. The van der Waals surface area contributed by atoms with Gasteiger partial charge in [0.1, 0.15) is 11.4 Å². The molecule has 0 spiro atoms. The molecule has 0 amide bonds. The molecule has 2 N–H and O–H groups in total. The molecule has 2 nitrogen and oxygen atoms in total. The average Bonchev–Trinajstić information content (AvgIpc) is 2.29. The first-order valence-electron chi connectivity index (χ1n) is 6.68. The number of unbranched alkanes of at least 4 members (excludes halogenated alkanes) is 2. The van der Waals surface area contributed by atoms with Crippen molar-refractivity contribution in [1.82, 2.24) is 0 Å². The van der Waals surface area contributed by atoms with Crippen LogP contribution < -0.4 is 10.5 Å². The van der Waals surface area contributed by atoms with Crippen LogP contribution in [0.3, 0.4) is 0 Å². The molecule has 1 aromatic rings. The van der Waals surface area contributed by atoms with E-state index in [1.165, 1.54) is 19.3 Å². The van der Waals surface area contributed by atoms with E-state index in [-0.39, 0.29) is 11.6 Å². The third-order valence-corrected chi connectivity index (χ3v) is 3.64. The van der Waals surface area contributed by atoms with E-state index in [2.05, 4.69) is 19.9 Å². The lowest BCUT2D eigenvalue weighted by Crippen LogP contribution is -2.40. The third kappa shape index (κ3) is 2.81. The number of hydrogen-bond acceptors (Lipinski definition) is 2. The zero-order valence-corrected chi connectivity index (χ0v) is 10.9. The minimum Gasteiger partial charge on any atom is -0.487 e. The molecule has 0 fully saturated rings. The molecule has 2 rings (SSSR count). The van der Waals surface area contributed by atoms with Crippen molar-refractivity contribution in [3.8, 4) is 5.75 Å². The van der Waals surface area contributed by atoms with Gasteiger partial charge in [0.05, 0.1) is 0 Å². The number of ether oxygens (including phenoxy) is 1. The highest BCUT2D eigenvalue weighted by molar-refractivity contribution is 5.38. The van der Waals surface area contributed by atoms with Gasteiger partial charge in [-0.15, -0.1) is 0 Å². The monoisotopic (exact) mass is 233 g/mol. The van der Waals surface area contributed by atoms with Crippen LogP contribution in [0.25, 0.3) is 0 Å². The van der Waals surface area contributed by atoms with Crippen LogP contribution in [0, 0.1) is 0 Å². The Balaban J connectivity index is 2.09. The zero-order valence-electron chi connectivity index (χ0n) is 10.9. The molecule has 0 saturated heterocycles. The molecule has 2 heteroatoms. The SMILES string of the molecule is CCCCCC1(C)C[C@H](N)c2ccccc2O1. The van der Waals surface area contributed by atoms with E-state index in [0.29, 0.717) is 0 Å². The van der Waals surface area contributed by atoms with Gasteiger partial charge in [0, 0.05) is 18.0 Å². The molecular formula is C15H23NO. The maximum absolute atomic E-state index is 6.25. The molecule has 0 aliphatic carbocycles. The fourth-order valence-corrected chi connectivity index (χ4v) is 2.66. The molecule has 2 atom stereocenters. The Morgan fingerprint density at radius 2 is 2.12 bits per heavy atom. The van der Waals surface area contributed by atoms with E-state index in [4.69, 9.17) is 10.5 Å². The Kier molecular flexibility index (Phi) is 3.72. The smallest absolute Gasteiger partial charge is 0.124 e. The maximum Gasteiger partial charge on any atom is 0.124 e. The van der Waals surface area contributed by atoms with Crippen LogP contribution in [0.1, 0.15) is 57.6 Å². The van der Waals surface area contributed by atoms with Crippen molar-refractivity contribution in [3.63, 3.8) is 0 Å². The van der Waals surface area contributed by atoms with Gasteiger partial charge in [-0.1, -0.05) is 38.0 Å². The van der Waals surface area contributed by atoms with E-state index in [0.717, 1.165) is 24.2 Å². The molecule has 1 aliphatic rings. The van der Waals surface area contributed by atoms with E-state index in [1.54, 1.807) is 0 Å². The fraction of sp³-hybridized carbons (Fsp3) is 0.600. The van der Waals surface area contributed by atoms with Gasteiger partial charge < -0.3 is 10.5 Å². The Morgan fingerprint density at radius 1 is 1.35 bits per heavy atom. The van der Waals surface area contributed by atoms with Gasteiger partial charge in [-0.05, 0) is 25.8 Å². The molecular weight excluding hydrogens is 210 g/mol. The number of nitrogens with two attached hydrogens (primary N) is 1. The van der Waals surface area contributed by atoms with Crippen LogP contribution in [0.4, 0.5) is 0 Å². The summed E-state index contributed by atoms with van der Waals surface area (Å²) in [6.07, 6.45) is 5.77. The minimum atomic E-state index is -0.0804. The van der Waals surface area contributed by atoms with E-state index >= 15 is 0 Å². The first-order chi connectivity index (χ1) is 8.14. The summed E-state index contributed by atoms with van der Waals surface area (Å²) >= 11 is 0. The molecule has 1 heterocycles. The standard InChI is InChI=1S/C15H23NO/c1-3-4-7-10-15(2)11-13(16)12-8-5-6-9-14(12)17-15/h5-6,8-9,13H,3-4,7,10-11,16H2,1-2H3/t13-,15?/m0/s1. The van der Waals surface area contributed by atoms with E-state index in [1.807, 2.05) is 18.2 Å². The van der Waals surface area contributed by atoms with Gasteiger partial charge in [-0.2, -0.15) is 0 Å². The minimum absolute atomic E-state index is 0.0804. The molecule has 0 bridgehead atoms. The molecule has 0 saturated carbocycles. The second kappa shape index (κ2) is 5.09. The number of fused-ring (bicyclic) bond motifs is 1. The predicted octanol–water partition coefficient (Wildman–Crippen LogP) is 3.81. The van der Waals surface area contributed by atoms with Crippen LogP contribution in [-0.2, 0) is 0 Å². The zero-order chi connectivity index (χ0) is 12.3. The van der Waals surface area contributed by atoms with Crippen LogP contribution in [-0.4, -0.2) is 5.60 Å². The summed E-state index contributed by atoms with van der Waals surface area (Å²) in [6, 6.07) is 8.27. The number of para-hydroxylation sites is 1. The van der Waals surface area contributed by atoms with Crippen molar-refractivity contribution >= 4 is 0 Å². The van der Waals surface area contributed by atoms with Crippen LogP contribution in [0.15, 0.2) is 24.3 Å². The van der Waals surface area contributed by atoms with Crippen molar-refractivity contribution in [3.05, 3.63) is 29.8 Å². The summed E-state index contributed by atoms with van der Waals surface area (Å²) in [5.74, 6) is 0.977. The second-order valence-electron chi connectivity index (χ2n) is 5.36. The summed E-state index contributed by atoms with van der Waals surface area (Å²) in [4.78, 5) is 0. The quantitative estimate of drug-likeness (QED) is 0.803. The molecule has 0 aromatic heterocycles. The summed E-state index contributed by atoms with van der Waals surface area (Å²) in [6.45, 7) is 4.42. The largest absolute Gasteiger partial charge is 0.487 e. The van der Waals surface area contributed by atoms with E-state index in [9.17, 15) is 0 Å². The second-order valence-corrected chi connectivity index (χ2v) is 5.36. The van der Waals surface area contributed by atoms with Gasteiger partial charge in [0.25, 0.3) is 0 Å². The van der Waals surface area contributed by atoms with Crippen molar-refractivity contribution in [2.45, 2.75) is 57.6 Å². The third-order valence-electron chi connectivity index (χ3n) is 3.64. The van der Waals surface area contributed by atoms with Gasteiger partial charge in [0.2, 0.25) is 0 Å². The molecule has 1 unspecified atom stereocenters. The average molecular weight is 233 g/mol. The Morgan fingerprint density at radius 3 is 2.88 bits per heavy atom. The fourth-order valence-electron chi connectivity index (χ4n) is 2.66. The Bertz CT molecular complexity index is 377. The highest BCUT2D eigenvalue weighted by Crippen LogP contribution is 2.40. The Labute approximate surface area is 104 Å². The normalized spacial score (nSPS) is 27.4. The van der Waals surface area contributed by atoms with Crippen molar-refractivity contribution in [1.29, 1.82) is 0 Å². The van der Waals surface area contributed by atoms with E-state index < -0.39 is 0 Å². The van der Waals surface area contributed by atoms with Crippen LogP contribution in [0.2, 0.25) is 0 Å². The molecule has 1 aliphatic heterocycles. The molecule has 0 radical (unpaired) electrons. The van der Waals surface area contributed by atoms with Crippen LogP contribution in [0.5, 0.6) is 5.75 Å². The summed E-state index contributed by atoms with van der Waals surface area (Å²) in [5.41, 5.74) is 7.32. The summed E-state index contributed by atoms with van der Waals surface area (Å²) in [7, 11) is 0. The van der Waals surface area contributed by atoms with Crippen molar-refractivity contribution in [2.24, 2.45) is 5.73 Å². The summed E-state index contributed by atoms with van der Waals surface area (Å²) in [5, 5.41) is 0. The highest BCUT2D eigenvalue weighted by atomic mass is 16.5. The van der Waals surface area contributed by atoms with Crippen molar-refractivity contribution in [2.75, 3.05) is 0 Å². The van der Waals surface area contributed by atoms with Gasteiger partial charge in [0.15, 0.2) is 0 Å². The summed E-state index contributed by atoms with van der Waals surface area (Å²) < 4.78 is 6.16. The number of hydrogen-bond donors (Lipinski definition) is 1. The first kappa shape index (κ1) is 12.4. The highest BCUT2D eigenvalue weighted by Gasteiger charge is 2.34. The van der Waals surface area contributed by atoms with Crippen LogP contribution >= 0.6 is 0 Å². The number of benzene rings is 1. The first-order valence-corrected chi connectivity index (χ1v) is 6.68. The molecule has 1 aromatic carbocycles. The predicted molar refractivity (Wildman–Crippen MR) is 71.2 cm³/mol. The lowest BCUT2D eigenvalue weighted by atomic mass is 9.85. The lowest BCUT2D eigenvalue weighted by molar-refractivity contribution is 0.0431. The maximum atomic E-state index is 6.25. The lowest BCUT2D eigenvalue weighted by Gasteiger charge is -2.39. The van der Waals surface area contributed by atoms with Gasteiger partial charge in [-0.3, -0.25) is 0 Å². The number of rotatable bonds is 4. The molecule has 17 heavy (non-hydrogen) atoms.